The van der Waals surface area contributed by atoms with Crippen molar-refractivity contribution in [3.63, 3.8) is 0 Å². The second kappa shape index (κ2) is 5.83. The topological polar surface area (TPSA) is 12.0 Å². The van der Waals surface area contributed by atoms with Crippen LogP contribution in [0.1, 0.15) is 56.0 Å². The molecule has 1 fully saturated rings. The third kappa shape index (κ3) is 2.49. The normalized spacial score (nSPS) is 19.1. The molecule has 0 aliphatic heterocycles. The summed E-state index contributed by atoms with van der Waals surface area (Å²) < 4.78 is 0. The first-order chi connectivity index (χ1) is 7.86. The molecular formula is C14H23NS. The highest BCUT2D eigenvalue weighted by Gasteiger charge is 2.27. The van der Waals surface area contributed by atoms with E-state index in [1.807, 2.05) is 11.3 Å². The van der Waals surface area contributed by atoms with Gasteiger partial charge in [0.1, 0.15) is 0 Å². The number of thiophene rings is 1. The Labute approximate surface area is 103 Å². The van der Waals surface area contributed by atoms with Gasteiger partial charge in [0.15, 0.2) is 0 Å². The van der Waals surface area contributed by atoms with Gasteiger partial charge in [0.2, 0.25) is 0 Å². The molecule has 1 N–H and O–H groups in total. The first-order valence-corrected chi connectivity index (χ1v) is 7.54. The maximum Gasteiger partial charge on any atom is 0.0446 e. The van der Waals surface area contributed by atoms with Gasteiger partial charge in [0, 0.05) is 10.9 Å². The Balaban J connectivity index is 2.17. The number of aryl methyl sites for hydroxylation is 1. The smallest absolute Gasteiger partial charge is 0.0446 e. The highest BCUT2D eigenvalue weighted by atomic mass is 32.1. The van der Waals surface area contributed by atoms with E-state index in [-0.39, 0.29) is 0 Å². The molecule has 1 aromatic heterocycles. The van der Waals surface area contributed by atoms with Crippen LogP contribution < -0.4 is 5.32 Å². The van der Waals surface area contributed by atoms with Gasteiger partial charge in [-0.3, -0.25) is 0 Å². The van der Waals surface area contributed by atoms with E-state index in [9.17, 15) is 0 Å². The average Bonchev–Trinajstić information content (AvgIpc) is 2.96. The minimum absolute atomic E-state index is 0.627. The summed E-state index contributed by atoms with van der Waals surface area (Å²) in [5, 5.41) is 5.97. The van der Waals surface area contributed by atoms with Crippen LogP contribution in [0.2, 0.25) is 0 Å². The van der Waals surface area contributed by atoms with Crippen molar-refractivity contribution < 1.29 is 0 Å². The molecule has 0 radical (unpaired) electrons. The zero-order chi connectivity index (χ0) is 11.4. The predicted octanol–water partition coefficient (Wildman–Crippen LogP) is 4.15. The Bertz CT molecular complexity index is 312. The molecule has 1 heterocycles. The molecule has 0 aromatic carbocycles. The SMILES string of the molecule is CCNC(c1sccc1CC)C1CCCC1. The molecule has 16 heavy (non-hydrogen) atoms. The lowest BCUT2D eigenvalue weighted by molar-refractivity contribution is 0.378. The van der Waals surface area contributed by atoms with Gasteiger partial charge >= 0.3 is 0 Å². The Morgan fingerprint density at radius 3 is 2.75 bits per heavy atom. The summed E-state index contributed by atoms with van der Waals surface area (Å²) in [6, 6.07) is 2.93. The van der Waals surface area contributed by atoms with Crippen LogP contribution >= 0.6 is 11.3 Å². The number of hydrogen-bond donors (Lipinski definition) is 1. The molecule has 0 amide bonds. The van der Waals surface area contributed by atoms with Crippen LogP contribution in [0, 0.1) is 5.92 Å². The number of nitrogens with one attached hydrogen (secondary N) is 1. The van der Waals surface area contributed by atoms with Gasteiger partial charge in [0.05, 0.1) is 0 Å². The summed E-state index contributed by atoms with van der Waals surface area (Å²) >= 11 is 1.95. The third-order valence-electron chi connectivity index (χ3n) is 3.74. The molecule has 0 bridgehead atoms. The van der Waals surface area contributed by atoms with Crippen molar-refractivity contribution in [3.05, 3.63) is 21.9 Å². The molecule has 2 heteroatoms. The van der Waals surface area contributed by atoms with Crippen molar-refractivity contribution in [2.75, 3.05) is 6.54 Å². The lowest BCUT2D eigenvalue weighted by Crippen LogP contribution is -2.26. The molecule has 1 saturated carbocycles. The maximum absolute atomic E-state index is 3.71. The van der Waals surface area contributed by atoms with E-state index in [0.717, 1.165) is 12.5 Å². The Morgan fingerprint density at radius 2 is 2.12 bits per heavy atom. The molecule has 1 aromatic rings. The second-order valence-electron chi connectivity index (χ2n) is 4.74. The average molecular weight is 237 g/mol. The van der Waals surface area contributed by atoms with E-state index in [1.165, 1.54) is 32.1 Å². The van der Waals surface area contributed by atoms with E-state index < -0.39 is 0 Å². The largest absolute Gasteiger partial charge is 0.309 e. The molecule has 0 spiro atoms. The number of hydrogen-bond acceptors (Lipinski definition) is 2. The van der Waals surface area contributed by atoms with Crippen LogP contribution in [0.15, 0.2) is 11.4 Å². The second-order valence-corrected chi connectivity index (χ2v) is 5.69. The van der Waals surface area contributed by atoms with Crippen LogP contribution in [-0.2, 0) is 6.42 Å². The quantitative estimate of drug-likeness (QED) is 0.811. The fraction of sp³-hybridized carbons (Fsp3) is 0.714. The van der Waals surface area contributed by atoms with Gasteiger partial charge in [-0.15, -0.1) is 11.3 Å². The molecule has 1 nitrogen and oxygen atoms in total. The van der Waals surface area contributed by atoms with Gasteiger partial charge in [0.25, 0.3) is 0 Å². The molecule has 1 aliphatic carbocycles. The van der Waals surface area contributed by atoms with Crippen molar-refractivity contribution in [3.8, 4) is 0 Å². The van der Waals surface area contributed by atoms with Crippen molar-refractivity contribution >= 4 is 11.3 Å². The van der Waals surface area contributed by atoms with Gasteiger partial charge in [-0.2, -0.15) is 0 Å². The van der Waals surface area contributed by atoms with Crippen molar-refractivity contribution in [2.24, 2.45) is 5.92 Å². The summed E-state index contributed by atoms with van der Waals surface area (Å²) in [6.07, 6.45) is 6.86. The first-order valence-electron chi connectivity index (χ1n) is 6.66. The zero-order valence-electron chi connectivity index (χ0n) is 10.5. The molecule has 2 rings (SSSR count). The molecule has 90 valence electrons. The van der Waals surface area contributed by atoms with Crippen molar-refractivity contribution in [2.45, 2.75) is 52.0 Å². The van der Waals surface area contributed by atoms with E-state index in [1.54, 1.807) is 10.4 Å². The molecule has 0 saturated heterocycles. The fourth-order valence-corrected chi connectivity index (χ4v) is 4.06. The van der Waals surface area contributed by atoms with E-state index in [4.69, 9.17) is 0 Å². The van der Waals surface area contributed by atoms with Crippen molar-refractivity contribution in [1.29, 1.82) is 0 Å². The minimum Gasteiger partial charge on any atom is -0.309 e. The molecule has 1 aliphatic rings. The van der Waals surface area contributed by atoms with E-state index >= 15 is 0 Å². The standard InChI is InChI=1S/C14H23NS/c1-3-11-9-10-16-14(11)13(15-4-2)12-7-5-6-8-12/h9-10,12-13,15H,3-8H2,1-2H3. The van der Waals surface area contributed by atoms with Gasteiger partial charge in [-0.1, -0.05) is 26.7 Å². The van der Waals surface area contributed by atoms with Crippen LogP contribution in [-0.4, -0.2) is 6.54 Å². The van der Waals surface area contributed by atoms with E-state index in [0.29, 0.717) is 6.04 Å². The summed E-state index contributed by atoms with van der Waals surface area (Å²) in [7, 11) is 0. The maximum atomic E-state index is 3.71. The molecular weight excluding hydrogens is 214 g/mol. The highest BCUT2D eigenvalue weighted by molar-refractivity contribution is 7.10. The van der Waals surface area contributed by atoms with Gasteiger partial charge in [-0.05, 0) is 48.7 Å². The zero-order valence-corrected chi connectivity index (χ0v) is 11.3. The van der Waals surface area contributed by atoms with Crippen LogP contribution in [0.5, 0.6) is 0 Å². The summed E-state index contributed by atoms with van der Waals surface area (Å²) in [6.45, 7) is 5.58. The van der Waals surface area contributed by atoms with Gasteiger partial charge < -0.3 is 5.32 Å². The monoisotopic (exact) mass is 237 g/mol. The Morgan fingerprint density at radius 1 is 1.38 bits per heavy atom. The van der Waals surface area contributed by atoms with Crippen LogP contribution in [0.3, 0.4) is 0 Å². The van der Waals surface area contributed by atoms with Crippen LogP contribution in [0.4, 0.5) is 0 Å². The predicted molar refractivity (Wildman–Crippen MR) is 72.1 cm³/mol. The lowest BCUT2D eigenvalue weighted by Gasteiger charge is -2.24. The lowest BCUT2D eigenvalue weighted by atomic mass is 9.94. The summed E-state index contributed by atoms with van der Waals surface area (Å²) in [5.41, 5.74) is 1.56. The van der Waals surface area contributed by atoms with Crippen LogP contribution in [0.25, 0.3) is 0 Å². The van der Waals surface area contributed by atoms with E-state index in [2.05, 4.69) is 30.6 Å². The summed E-state index contributed by atoms with van der Waals surface area (Å²) in [5.74, 6) is 0.879. The Hall–Kier alpha value is -0.340. The minimum atomic E-state index is 0.627. The van der Waals surface area contributed by atoms with Gasteiger partial charge in [-0.25, -0.2) is 0 Å². The molecule has 1 atom stereocenters. The Kier molecular flexibility index (Phi) is 4.42. The highest BCUT2D eigenvalue weighted by Crippen LogP contribution is 2.38. The first kappa shape index (κ1) is 12.1. The molecule has 1 unspecified atom stereocenters. The van der Waals surface area contributed by atoms with Crippen molar-refractivity contribution in [1.82, 2.24) is 5.32 Å². The third-order valence-corrected chi connectivity index (χ3v) is 4.78. The summed E-state index contributed by atoms with van der Waals surface area (Å²) in [4.78, 5) is 1.61. The number of rotatable bonds is 5. The fourth-order valence-electron chi connectivity index (χ4n) is 2.90.